The molecule has 2 saturated heterocycles. The number of rotatable bonds is 2. The third-order valence-corrected chi connectivity index (χ3v) is 6.06. The van der Waals surface area contributed by atoms with E-state index in [-0.39, 0.29) is 12.4 Å². The van der Waals surface area contributed by atoms with E-state index in [0.717, 1.165) is 62.2 Å². The Morgan fingerprint density at radius 1 is 1.05 bits per heavy atom. The van der Waals surface area contributed by atoms with Gasteiger partial charge in [0.2, 0.25) is 5.91 Å². The van der Waals surface area contributed by atoms with Gasteiger partial charge in [0.1, 0.15) is 0 Å². The van der Waals surface area contributed by atoms with Crippen LogP contribution in [0.1, 0.15) is 32.1 Å². The quantitative estimate of drug-likeness (QED) is 0.840. The second kappa shape index (κ2) is 5.25. The largest absolute Gasteiger partial charge is 0.342 e. The lowest BCUT2D eigenvalue weighted by atomic mass is 9.86. The summed E-state index contributed by atoms with van der Waals surface area (Å²) in [5.41, 5.74) is 0. The lowest BCUT2D eigenvalue weighted by Crippen LogP contribution is -2.33. The fourth-order valence-corrected chi connectivity index (χ4v) is 5.04. The van der Waals surface area contributed by atoms with Crippen LogP contribution < -0.4 is 5.32 Å². The van der Waals surface area contributed by atoms with Crippen LogP contribution in [0.3, 0.4) is 0 Å². The van der Waals surface area contributed by atoms with Gasteiger partial charge in [0.15, 0.2) is 0 Å². The van der Waals surface area contributed by atoms with Crippen LogP contribution in [0.25, 0.3) is 0 Å². The Morgan fingerprint density at radius 2 is 1.79 bits per heavy atom. The van der Waals surface area contributed by atoms with Crippen LogP contribution in [-0.2, 0) is 4.79 Å². The van der Waals surface area contributed by atoms with Gasteiger partial charge in [-0.2, -0.15) is 0 Å². The normalized spacial score (nSPS) is 43.4. The van der Waals surface area contributed by atoms with Crippen molar-refractivity contribution >= 4 is 18.3 Å². The minimum absolute atomic E-state index is 0. The molecule has 2 bridgehead atoms. The molecular weight excluding hydrogens is 260 g/mol. The second-order valence-corrected chi connectivity index (χ2v) is 7.12. The lowest BCUT2D eigenvalue weighted by Gasteiger charge is -2.24. The fourth-order valence-electron chi connectivity index (χ4n) is 5.04. The molecule has 0 radical (unpaired) electrons. The molecule has 0 aromatic rings. The van der Waals surface area contributed by atoms with E-state index in [1.54, 1.807) is 0 Å². The Labute approximate surface area is 121 Å². The third-order valence-electron chi connectivity index (χ3n) is 6.06. The molecule has 4 heteroatoms. The predicted molar refractivity (Wildman–Crippen MR) is 77.2 cm³/mol. The molecule has 0 spiro atoms. The van der Waals surface area contributed by atoms with Gasteiger partial charge in [-0.05, 0) is 48.9 Å². The van der Waals surface area contributed by atoms with Crippen LogP contribution in [0.4, 0.5) is 0 Å². The first kappa shape index (κ1) is 13.7. The van der Waals surface area contributed by atoms with Gasteiger partial charge >= 0.3 is 0 Å². The van der Waals surface area contributed by atoms with Gasteiger partial charge in [-0.25, -0.2) is 0 Å². The molecule has 5 atom stereocenters. The van der Waals surface area contributed by atoms with Crippen molar-refractivity contribution in [2.45, 2.75) is 32.1 Å². The Kier molecular flexibility index (Phi) is 3.78. The summed E-state index contributed by atoms with van der Waals surface area (Å²) in [7, 11) is 0. The number of nitrogens with one attached hydrogen (secondary N) is 1. The van der Waals surface area contributed by atoms with Crippen molar-refractivity contribution in [2.75, 3.05) is 26.2 Å². The molecule has 4 aliphatic rings. The first-order chi connectivity index (χ1) is 8.79. The summed E-state index contributed by atoms with van der Waals surface area (Å²) in [6, 6.07) is 0. The van der Waals surface area contributed by atoms with Crippen LogP contribution >= 0.6 is 12.4 Å². The van der Waals surface area contributed by atoms with Crippen molar-refractivity contribution in [3.63, 3.8) is 0 Å². The zero-order valence-electron chi connectivity index (χ0n) is 11.5. The minimum atomic E-state index is 0. The number of carbonyl (C=O) groups is 1. The first-order valence-electron chi connectivity index (χ1n) is 7.78. The first-order valence-corrected chi connectivity index (χ1v) is 7.78. The van der Waals surface area contributed by atoms with E-state index in [0.29, 0.717) is 5.91 Å². The highest BCUT2D eigenvalue weighted by Gasteiger charge is 2.42. The number of likely N-dealkylation sites (tertiary alicyclic amines) is 1. The molecule has 19 heavy (non-hydrogen) atoms. The maximum absolute atomic E-state index is 12.4. The van der Waals surface area contributed by atoms with Gasteiger partial charge in [-0.3, -0.25) is 4.79 Å². The highest BCUT2D eigenvalue weighted by molar-refractivity contribution is 5.85. The fraction of sp³-hybridized carbons (Fsp3) is 0.933. The highest BCUT2D eigenvalue weighted by Crippen LogP contribution is 2.49. The highest BCUT2D eigenvalue weighted by atomic mass is 35.5. The number of halogens is 1. The molecular formula is C15H25ClN2O. The Morgan fingerprint density at radius 3 is 2.37 bits per heavy atom. The van der Waals surface area contributed by atoms with Gasteiger partial charge in [0.25, 0.3) is 0 Å². The number of carbonyl (C=O) groups excluding carboxylic acids is 1. The van der Waals surface area contributed by atoms with E-state index < -0.39 is 0 Å². The van der Waals surface area contributed by atoms with Crippen LogP contribution in [-0.4, -0.2) is 37.0 Å². The van der Waals surface area contributed by atoms with Crippen LogP contribution in [0.5, 0.6) is 0 Å². The van der Waals surface area contributed by atoms with E-state index in [4.69, 9.17) is 0 Å². The minimum Gasteiger partial charge on any atom is -0.342 e. The summed E-state index contributed by atoms with van der Waals surface area (Å²) in [6.07, 6.45) is 6.46. The Bertz CT molecular complexity index is 350. The molecule has 4 rings (SSSR count). The molecule has 2 aliphatic carbocycles. The van der Waals surface area contributed by atoms with Gasteiger partial charge in [-0.15, -0.1) is 12.4 Å². The average Bonchev–Trinajstić information content (AvgIpc) is 3.08. The van der Waals surface area contributed by atoms with Crippen LogP contribution in [0.15, 0.2) is 0 Å². The van der Waals surface area contributed by atoms with Crippen molar-refractivity contribution in [3.05, 3.63) is 0 Å². The summed E-state index contributed by atoms with van der Waals surface area (Å²) in [5, 5.41) is 3.44. The SMILES string of the molecule is Cl.O=C(CC1CC2CCC1C2)N1C[C@H]2CNC[C@H]2C1. The molecule has 3 unspecified atom stereocenters. The standard InChI is InChI=1S/C15H24N2O.ClH/c18-15(5-12-4-10-1-2-11(12)3-10)17-8-13-6-16-7-14(13)9-17;/h10-14,16H,1-9H2;1H/t10?,11?,12?,13-,14+;. The number of fused-ring (bicyclic) bond motifs is 3. The number of hydrogen-bond acceptors (Lipinski definition) is 2. The van der Waals surface area contributed by atoms with Gasteiger partial charge in [0.05, 0.1) is 0 Å². The molecule has 1 N–H and O–H groups in total. The van der Waals surface area contributed by atoms with Crippen molar-refractivity contribution in [1.29, 1.82) is 0 Å². The topological polar surface area (TPSA) is 32.3 Å². The van der Waals surface area contributed by atoms with Gasteiger partial charge in [-0.1, -0.05) is 6.42 Å². The second-order valence-electron chi connectivity index (χ2n) is 7.12. The van der Waals surface area contributed by atoms with E-state index >= 15 is 0 Å². The zero-order valence-corrected chi connectivity index (χ0v) is 12.3. The van der Waals surface area contributed by atoms with Crippen LogP contribution in [0.2, 0.25) is 0 Å². The Hall–Kier alpha value is -0.280. The summed E-state index contributed by atoms with van der Waals surface area (Å²) < 4.78 is 0. The zero-order chi connectivity index (χ0) is 12.1. The molecule has 1 amide bonds. The summed E-state index contributed by atoms with van der Waals surface area (Å²) >= 11 is 0. The van der Waals surface area contributed by atoms with E-state index in [2.05, 4.69) is 10.2 Å². The summed E-state index contributed by atoms with van der Waals surface area (Å²) in [5.74, 6) is 4.54. The van der Waals surface area contributed by atoms with Gasteiger partial charge < -0.3 is 10.2 Å². The number of amides is 1. The van der Waals surface area contributed by atoms with E-state index in [1.165, 1.54) is 25.7 Å². The maximum atomic E-state index is 12.4. The lowest BCUT2D eigenvalue weighted by molar-refractivity contribution is -0.131. The van der Waals surface area contributed by atoms with Crippen molar-refractivity contribution in [3.8, 4) is 0 Å². The predicted octanol–water partition coefficient (Wildman–Crippen LogP) is 1.91. The smallest absolute Gasteiger partial charge is 0.222 e. The molecule has 2 heterocycles. The monoisotopic (exact) mass is 284 g/mol. The van der Waals surface area contributed by atoms with E-state index in [1.807, 2.05) is 0 Å². The molecule has 2 saturated carbocycles. The number of hydrogen-bond donors (Lipinski definition) is 1. The molecule has 0 aromatic heterocycles. The van der Waals surface area contributed by atoms with Crippen molar-refractivity contribution < 1.29 is 4.79 Å². The number of nitrogens with zero attached hydrogens (tertiary/aromatic N) is 1. The molecule has 0 aromatic carbocycles. The van der Waals surface area contributed by atoms with Crippen LogP contribution in [0, 0.1) is 29.6 Å². The molecule has 4 fully saturated rings. The Balaban J connectivity index is 0.00000110. The summed E-state index contributed by atoms with van der Waals surface area (Å²) in [4.78, 5) is 14.6. The van der Waals surface area contributed by atoms with Gasteiger partial charge in [0, 0.05) is 32.6 Å². The third kappa shape index (κ3) is 2.40. The molecule has 2 aliphatic heterocycles. The molecule has 108 valence electrons. The van der Waals surface area contributed by atoms with E-state index in [9.17, 15) is 4.79 Å². The molecule has 3 nitrogen and oxygen atoms in total. The average molecular weight is 285 g/mol. The van der Waals surface area contributed by atoms with Crippen molar-refractivity contribution in [1.82, 2.24) is 10.2 Å². The van der Waals surface area contributed by atoms with Crippen molar-refractivity contribution in [2.24, 2.45) is 29.6 Å². The maximum Gasteiger partial charge on any atom is 0.222 e. The summed E-state index contributed by atoms with van der Waals surface area (Å²) in [6.45, 7) is 4.31.